The summed E-state index contributed by atoms with van der Waals surface area (Å²) in [6.45, 7) is 0.910. The van der Waals surface area contributed by atoms with Gasteiger partial charge in [0.25, 0.3) is 0 Å². The normalized spacial score (nSPS) is 11.4. The van der Waals surface area contributed by atoms with Crippen molar-refractivity contribution in [3.8, 4) is 0 Å². The summed E-state index contributed by atoms with van der Waals surface area (Å²) in [5.74, 6) is -3.76. The first-order chi connectivity index (χ1) is 9.66. The molecule has 0 atom stereocenters. The number of carbonyl (C=O) groups excluding carboxylic acids is 4. The fraction of sp³-hybridized carbons (Fsp3) is 0.538. The lowest BCUT2D eigenvalue weighted by Gasteiger charge is -2.06. The zero-order valence-electron chi connectivity index (χ0n) is 11.4. The molecule has 0 bridgehead atoms. The summed E-state index contributed by atoms with van der Waals surface area (Å²) in [5.41, 5.74) is 0. The first kappa shape index (κ1) is 19.0. The van der Waals surface area contributed by atoms with Crippen LogP contribution in [0.5, 0.6) is 0 Å². The van der Waals surface area contributed by atoms with Crippen LogP contribution in [0.25, 0.3) is 0 Å². The zero-order chi connectivity index (χ0) is 16.5. The highest BCUT2D eigenvalue weighted by Gasteiger charge is 2.40. The number of allylic oxidation sites excluding steroid dienone is 2. The molecule has 0 fully saturated rings. The number of ether oxygens (including phenoxy) is 1. The lowest BCUT2D eigenvalue weighted by atomic mass is 10.1. The van der Waals surface area contributed by atoms with Crippen molar-refractivity contribution in [2.24, 2.45) is 0 Å². The number of esters is 1. The molecule has 118 valence electrons. The average molecular weight is 308 g/mol. The molecule has 0 aromatic rings. The largest absolute Gasteiger partial charge is 0.490 e. The molecule has 0 aliphatic rings. The van der Waals surface area contributed by atoms with E-state index in [-0.39, 0.29) is 18.6 Å². The molecule has 5 nitrogen and oxygen atoms in total. The Labute approximate surface area is 119 Å². The van der Waals surface area contributed by atoms with Crippen molar-refractivity contribution in [2.45, 2.75) is 38.8 Å². The Kier molecular flexibility index (Phi) is 8.18. The van der Waals surface area contributed by atoms with Crippen LogP contribution >= 0.6 is 0 Å². The summed E-state index contributed by atoms with van der Waals surface area (Å²) in [7, 11) is 0. The van der Waals surface area contributed by atoms with Gasteiger partial charge in [0.2, 0.25) is 0 Å². The van der Waals surface area contributed by atoms with E-state index >= 15 is 0 Å². The number of ketones is 3. The third-order valence-corrected chi connectivity index (χ3v) is 2.24. The minimum absolute atomic E-state index is 0.0283. The monoisotopic (exact) mass is 308 g/mol. The summed E-state index contributed by atoms with van der Waals surface area (Å²) in [5, 5.41) is 0. The van der Waals surface area contributed by atoms with E-state index in [1.165, 1.54) is 12.2 Å². The van der Waals surface area contributed by atoms with Gasteiger partial charge in [-0.05, 0) is 13.0 Å². The number of rotatable bonds is 9. The highest BCUT2D eigenvalue weighted by Crippen LogP contribution is 2.16. The van der Waals surface area contributed by atoms with Crippen molar-refractivity contribution in [1.82, 2.24) is 0 Å². The van der Waals surface area contributed by atoms with Crippen LogP contribution in [0.2, 0.25) is 0 Å². The second-order valence-corrected chi connectivity index (χ2v) is 4.10. The maximum Gasteiger partial charge on any atom is 0.490 e. The van der Waals surface area contributed by atoms with E-state index in [0.717, 1.165) is 0 Å². The standard InChI is InChI=1S/C13H15F3O5/c1-2-3-9(17)4-5-10(18)8-11(19)6-7-21-12(20)13(14,15)16/h2-3H,4-8H2,1H3. The zero-order valence-corrected chi connectivity index (χ0v) is 11.4. The van der Waals surface area contributed by atoms with E-state index in [0.29, 0.717) is 0 Å². The number of carbonyl (C=O) groups is 4. The van der Waals surface area contributed by atoms with Crippen molar-refractivity contribution < 1.29 is 37.1 Å². The molecular formula is C13H15F3O5. The molecule has 0 aromatic carbocycles. The topological polar surface area (TPSA) is 77.5 Å². The van der Waals surface area contributed by atoms with Crippen LogP contribution < -0.4 is 0 Å². The molecular weight excluding hydrogens is 293 g/mol. The van der Waals surface area contributed by atoms with Gasteiger partial charge in [0.1, 0.15) is 11.6 Å². The minimum atomic E-state index is -5.11. The predicted molar refractivity (Wildman–Crippen MR) is 65.3 cm³/mol. The van der Waals surface area contributed by atoms with Crippen LogP contribution in [0.15, 0.2) is 12.2 Å². The van der Waals surface area contributed by atoms with Gasteiger partial charge in [-0.2, -0.15) is 13.2 Å². The fourth-order valence-corrected chi connectivity index (χ4v) is 1.27. The Morgan fingerprint density at radius 2 is 1.57 bits per heavy atom. The molecule has 0 saturated carbocycles. The molecule has 0 amide bonds. The maximum absolute atomic E-state index is 11.8. The van der Waals surface area contributed by atoms with Gasteiger partial charge in [0.15, 0.2) is 5.78 Å². The molecule has 8 heteroatoms. The molecule has 0 aliphatic carbocycles. The van der Waals surface area contributed by atoms with E-state index in [1.807, 2.05) is 0 Å². The van der Waals surface area contributed by atoms with Gasteiger partial charge in [-0.25, -0.2) is 4.79 Å². The van der Waals surface area contributed by atoms with Gasteiger partial charge in [0, 0.05) is 19.3 Å². The highest BCUT2D eigenvalue weighted by molar-refractivity contribution is 6.01. The Hall–Kier alpha value is -1.99. The SMILES string of the molecule is CC=CC(=O)CCC(=O)CC(=O)CCOC(=O)C(F)(F)F. The van der Waals surface area contributed by atoms with Crippen LogP contribution in [-0.4, -0.2) is 36.1 Å². The first-order valence-corrected chi connectivity index (χ1v) is 6.09. The van der Waals surface area contributed by atoms with Gasteiger partial charge in [-0.15, -0.1) is 0 Å². The molecule has 0 N–H and O–H groups in total. The van der Waals surface area contributed by atoms with Crippen LogP contribution in [0.4, 0.5) is 13.2 Å². The molecule has 0 saturated heterocycles. The van der Waals surface area contributed by atoms with E-state index in [9.17, 15) is 32.3 Å². The second kappa shape index (κ2) is 9.04. The Morgan fingerprint density at radius 3 is 2.10 bits per heavy atom. The lowest BCUT2D eigenvalue weighted by molar-refractivity contribution is -0.199. The fourth-order valence-electron chi connectivity index (χ4n) is 1.27. The Balaban J connectivity index is 3.92. The molecule has 0 aliphatic heterocycles. The molecule has 21 heavy (non-hydrogen) atoms. The second-order valence-electron chi connectivity index (χ2n) is 4.10. The number of alkyl halides is 3. The molecule has 0 spiro atoms. The van der Waals surface area contributed by atoms with Crippen molar-refractivity contribution in [2.75, 3.05) is 6.61 Å². The molecule has 0 heterocycles. The lowest BCUT2D eigenvalue weighted by Crippen LogP contribution is -2.26. The van der Waals surface area contributed by atoms with Crippen molar-refractivity contribution >= 4 is 23.3 Å². The molecule has 0 radical (unpaired) electrons. The van der Waals surface area contributed by atoms with Crippen LogP contribution in [0, 0.1) is 0 Å². The first-order valence-electron chi connectivity index (χ1n) is 6.09. The summed E-state index contributed by atoms with van der Waals surface area (Å²) in [6, 6.07) is 0. The van der Waals surface area contributed by atoms with E-state index < -0.39 is 43.2 Å². The third-order valence-electron chi connectivity index (χ3n) is 2.24. The van der Waals surface area contributed by atoms with Crippen LogP contribution in [-0.2, 0) is 23.9 Å². The maximum atomic E-state index is 11.8. The summed E-state index contributed by atoms with van der Waals surface area (Å²) < 4.78 is 39.1. The van der Waals surface area contributed by atoms with Gasteiger partial charge in [0.05, 0.1) is 13.0 Å². The number of hydrogen-bond acceptors (Lipinski definition) is 5. The highest BCUT2D eigenvalue weighted by atomic mass is 19.4. The quantitative estimate of drug-likeness (QED) is 0.369. The third kappa shape index (κ3) is 9.53. The molecule has 0 rings (SSSR count). The Bertz CT molecular complexity index is 438. The van der Waals surface area contributed by atoms with Gasteiger partial charge >= 0.3 is 12.1 Å². The van der Waals surface area contributed by atoms with Crippen molar-refractivity contribution in [1.29, 1.82) is 0 Å². The van der Waals surface area contributed by atoms with Crippen LogP contribution in [0.1, 0.15) is 32.6 Å². The van der Waals surface area contributed by atoms with E-state index in [2.05, 4.69) is 4.74 Å². The van der Waals surface area contributed by atoms with Crippen LogP contribution in [0.3, 0.4) is 0 Å². The minimum Gasteiger partial charge on any atom is -0.459 e. The van der Waals surface area contributed by atoms with E-state index in [4.69, 9.17) is 0 Å². The molecule has 0 aromatic heterocycles. The summed E-state index contributed by atoms with van der Waals surface area (Å²) >= 11 is 0. The van der Waals surface area contributed by atoms with Crippen molar-refractivity contribution in [3.63, 3.8) is 0 Å². The number of hydrogen-bond donors (Lipinski definition) is 0. The van der Waals surface area contributed by atoms with Gasteiger partial charge in [-0.3, -0.25) is 14.4 Å². The summed E-state index contributed by atoms with van der Waals surface area (Å²) in [6.07, 6.45) is -3.40. The molecule has 0 unspecified atom stereocenters. The predicted octanol–water partition coefficient (Wildman–Crippen LogP) is 1.94. The van der Waals surface area contributed by atoms with Gasteiger partial charge in [-0.1, -0.05) is 6.08 Å². The number of halogens is 3. The van der Waals surface area contributed by atoms with Gasteiger partial charge < -0.3 is 4.74 Å². The van der Waals surface area contributed by atoms with E-state index in [1.54, 1.807) is 6.92 Å². The average Bonchev–Trinajstić information content (AvgIpc) is 2.35. The van der Waals surface area contributed by atoms with Crippen molar-refractivity contribution in [3.05, 3.63) is 12.2 Å². The Morgan fingerprint density at radius 1 is 1.00 bits per heavy atom. The summed E-state index contributed by atoms with van der Waals surface area (Å²) in [4.78, 5) is 44.0. The number of Topliss-reactive ketones (excluding diaryl/α,β-unsaturated/α-hetero) is 2. The smallest absolute Gasteiger partial charge is 0.459 e.